The predicted molar refractivity (Wildman–Crippen MR) is 249 cm³/mol. The Morgan fingerprint density at radius 2 is 1.30 bits per heavy atom. The highest BCUT2D eigenvalue weighted by Gasteiger charge is 2.36. The third-order valence-corrected chi connectivity index (χ3v) is 13.3. The Balaban J connectivity index is 0.000000163. The van der Waals surface area contributed by atoms with Gasteiger partial charge >= 0.3 is 0 Å². The zero-order valence-corrected chi connectivity index (χ0v) is 37.7. The van der Waals surface area contributed by atoms with Gasteiger partial charge in [0.15, 0.2) is 11.5 Å². The summed E-state index contributed by atoms with van der Waals surface area (Å²) in [5.74, 6) is 0.924. The number of aryl methyl sites for hydroxylation is 2. The number of nitrogens with zero attached hydrogens (tertiary/aromatic N) is 9. The van der Waals surface area contributed by atoms with Crippen LogP contribution in [0.15, 0.2) is 67.7 Å². The average Bonchev–Trinajstić information content (AvgIpc) is 4.00. The van der Waals surface area contributed by atoms with Crippen molar-refractivity contribution in [1.82, 2.24) is 44.1 Å². The van der Waals surface area contributed by atoms with Gasteiger partial charge in [-0.25, -0.2) is 29.0 Å². The number of hydrogen-bond acceptors (Lipinski definition) is 13. The van der Waals surface area contributed by atoms with Crippen LogP contribution in [0.25, 0.3) is 63.3 Å². The second-order valence-corrected chi connectivity index (χ2v) is 17.8. The number of methoxy groups -OCH3 is 2. The molecule has 2 amide bonds. The van der Waals surface area contributed by atoms with Gasteiger partial charge in [0, 0.05) is 49.7 Å². The zero-order chi connectivity index (χ0) is 44.9. The molecule has 0 aliphatic carbocycles. The van der Waals surface area contributed by atoms with Gasteiger partial charge in [-0.2, -0.15) is 5.10 Å². The summed E-state index contributed by atoms with van der Waals surface area (Å²) in [5, 5.41) is 8.59. The Hall–Kier alpha value is -6.66. The maximum absolute atomic E-state index is 13.2. The average molecular weight is 890 g/mol. The molecule has 2 aromatic carbocycles. The van der Waals surface area contributed by atoms with Crippen LogP contribution in [0.5, 0.6) is 11.5 Å². The molecule has 326 valence electrons. The molecule has 0 bridgehead atoms. The molecule has 0 radical (unpaired) electrons. The summed E-state index contributed by atoms with van der Waals surface area (Å²) >= 11 is 3.23. The fourth-order valence-corrected chi connectivity index (χ4v) is 10.2. The Kier molecular flexibility index (Phi) is 11.8. The van der Waals surface area contributed by atoms with Gasteiger partial charge in [0.25, 0.3) is 5.91 Å². The molecule has 4 N–H and O–H groups in total. The van der Waals surface area contributed by atoms with Crippen LogP contribution in [0.2, 0.25) is 0 Å². The first-order chi connectivity index (χ1) is 30.2. The topological polar surface area (TPSA) is 185 Å². The molecule has 0 unspecified atom stereocenters. The van der Waals surface area contributed by atoms with Gasteiger partial charge in [-0.15, -0.1) is 22.7 Å². The van der Waals surface area contributed by atoms with E-state index < -0.39 is 11.7 Å². The summed E-state index contributed by atoms with van der Waals surface area (Å²) in [5.41, 5.74) is 17.8. The maximum Gasteiger partial charge on any atom is 0.282 e. The van der Waals surface area contributed by atoms with Crippen LogP contribution in [0.1, 0.15) is 50.4 Å². The number of likely N-dealkylation sites (tertiary alicyclic amines) is 2. The standard InChI is InChI=1S/C22H20FN5O2S.C20H20N6O2S.C3H8/c1-11-4-13-6-17(31-19(13)16(5-11)30-3)15-9-28(21-18(15)20(24)25-10-26-21)14-7-27(8-14)22(29)12(2)23;1-10-4-12-6-15(29-18(12)14(5-10)28-3)17-16-19(21)22-9-23-20(16)26(24-17)13-7-25(8-13)11(2)27;1-3-2/h4-6,9-10,14H,2,7-8H2,1,3H3,(H2,24,25,26);4-6,9,13H,7-8H2,1-3H3,(H2,21,22,23);3H2,1-2H3. The summed E-state index contributed by atoms with van der Waals surface area (Å²) < 4.78 is 30.3. The Morgan fingerprint density at radius 3 is 1.86 bits per heavy atom. The highest BCUT2D eigenvalue weighted by atomic mass is 32.1. The highest BCUT2D eigenvalue weighted by Crippen LogP contribution is 2.45. The Bertz CT molecular complexity index is 3070. The van der Waals surface area contributed by atoms with Gasteiger partial charge in [-0.3, -0.25) is 9.59 Å². The minimum Gasteiger partial charge on any atom is -0.495 e. The molecule has 2 aliphatic heterocycles. The molecular formula is C45H48FN11O4S2. The minimum atomic E-state index is -0.947. The van der Waals surface area contributed by atoms with E-state index >= 15 is 0 Å². The number of carbonyl (C=O) groups excluding carboxylic acids is 2. The van der Waals surface area contributed by atoms with Crippen molar-refractivity contribution < 1.29 is 23.5 Å². The number of nitrogens with two attached hydrogens (primary N) is 2. The molecule has 8 aromatic rings. The van der Waals surface area contributed by atoms with E-state index in [9.17, 15) is 14.0 Å². The lowest BCUT2D eigenvalue weighted by atomic mass is 10.1. The number of anilines is 2. The lowest BCUT2D eigenvalue weighted by molar-refractivity contribution is -0.135. The van der Waals surface area contributed by atoms with E-state index in [-0.39, 0.29) is 18.0 Å². The predicted octanol–water partition coefficient (Wildman–Crippen LogP) is 8.51. The first kappa shape index (κ1) is 43.0. The second-order valence-electron chi connectivity index (χ2n) is 15.7. The van der Waals surface area contributed by atoms with Crippen molar-refractivity contribution in [2.75, 3.05) is 51.9 Å². The van der Waals surface area contributed by atoms with Gasteiger partial charge in [-0.1, -0.05) is 39.0 Å². The molecular weight excluding hydrogens is 842 g/mol. The smallest absolute Gasteiger partial charge is 0.282 e. The van der Waals surface area contributed by atoms with Crippen LogP contribution in [-0.4, -0.2) is 96.3 Å². The fraction of sp³-hybridized carbons (Fsp3) is 0.311. The van der Waals surface area contributed by atoms with Crippen LogP contribution >= 0.6 is 22.7 Å². The third-order valence-electron chi connectivity index (χ3n) is 11.0. The lowest BCUT2D eigenvalue weighted by Crippen LogP contribution is -2.50. The molecule has 6 aromatic heterocycles. The van der Waals surface area contributed by atoms with Gasteiger partial charge in [0.2, 0.25) is 5.91 Å². The first-order valence-corrected chi connectivity index (χ1v) is 22.0. The number of hydrogen-bond donors (Lipinski definition) is 2. The van der Waals surface area contributed by atoms with Gasteiger partial charge in [-0.05, 0) is 60.0 Å². The largest absolute Gasteiger partial charge is 0.495 e. The first-order valence-electron chi connectivity index (χ1n) is 20.4. The third kappa shape index (κ3) is 7.88. The molecule has 8 heterocycles. The van der Waals surface area contributed by atoms with Gasteiger partial charge in [0.05, 0.1) is 51.4 Å². The number of benzene rings is 2. The molecule has 0 atom stereocenters. The molecule has 15 nitrogen and oxygen atoms in total. The van der Waals surface area contributed by atoms with E-state index in [1.807, 2.05) is 41.4 Å². The number of fused-ring (bicyclic) bond motifs is 4. The molecule has 0 saturated carbocycles. The number of amides is 2. The van der Waals surface area contributed by atoms with Crippen molar-refractivity contribution in [3.05, 3.63) is 78.8 Å². The van der Waals surface area contributed by atoms with Crippen molar-refractivity contribution in [1.29, 1.82) is 0 Å². The van der Waals surface area contributed by atoms with E-state index in [1.165, 1.54) is 24.0 Å². The van der Waals surface area contributed by atoms with Crippen LogP contribution in [0, 0.1) is 13.8 Å². The molecule has 63 heavy (non-hydrogen) atoms. The Morgan fingerprint density at radius 1 is 0.778 bits per heavy atom. The van der Waals surface area contributed by atoms with Crippen molar-refractivity contribution in [2.45, 2.75) is 53.1 Å². The summed E-state index contributed by atoms with van der Waals surface area (Å²) in [7, 11) is 3.35. The van der Waals surface area contributed by atoms with Crippen LogP contribution < -0.4 is 20.9 Å². The highest BCUT2D eigenvalue weighted by molar-refractivity contribution is 7.23. The second kappa shape index (κ2) is 17.2. The summed E-state index contributed by atoms with van der Waals surface area (Å²) in [6.07, 6.45) is 6.13. The SMILES string of the molecule is C=C(F)C(=O)N1CC(n2cc(-c3cc4cc(C)cc(OC)c4s3)c3c(N)ncnc32)C1.CCC.COc1cc(C)cc2cc(-c3nn(C4CN(C(C)=O)C4)c4ncnc(N)c34)sc12. The number of aromatic nitrogens is 7. The zero-order valence-electron chi connectivity index (χ0n) is 36.1. The van der Waals surface area contributed by atoms with Gasteiger partial charge in [0.1, 0.15) is 47.1 Å². The summed E-state index contributed by atoms with van der Waals surface area (Å²) in [4.78, 5) is 45.9. The van der Waals surface area contributed by atoms with E-state index in [1.54, 1.807) is 48.7 Å². The van der Waals surface area contributed by atoms with Gasteiger partial charge < -0.3 is 35.3 Å². The molecule has 2 fully saturated rings. The van der Waals surface area contributed by atoms with Crippen LogP contribution in [0.4, 0.5) is 16.0 Å². The minimum absolute atomic E-state index is 0.0278. The van der Waals surface area contributed by atoms with Crippen LogP contribution in [-0.2, 0) is 9.59 Å². The fourth-order valence-electron chi connectivity index (χ4n) is 7.91. The number of nitrogen functional groups attached to an aromatic ring is 2. The van der Waals surface area contributed by atoms with Crippen molar-refractivity contribution in [3.8, 4) is 32.5 Å². The number of thiophene rings is 2. The van der Waals surface area contributed by atoms with Crippen molar-refractivity contribution in [3.63, 3.8) is 0 Å². The molecule has 2 aliphatic rings. The van der Waals surface area contributed by atoms with E-state index in [4.69, 9.17) is 26.0 Å². The maximum atomic E-state index is 13.2. The summed E-state index contributed by atoms with van der Waals surface area (Å²) in [6, 6.07) is 12.6. The Labute approximate surface area is 370 Å². The van der Waals surface area contributed by atoms with Crippen LogP contribution in [0.3, 0.4) is 0 Å². The quantitative estimate of drug-likeness (QED) is 0.146. The van der Waals surface area contributed by atoms with Crippen molar-refractivity contribution >= 4 is 88.4 Å². The number of ether oxygens (including phenoxy) is 2. The lowest BCUT2D eigenvalue weighted by Gasteiger charge is -2.39. The molecule has 0 spiro atoms. The van der Waals surface area contributed by atoms with E-state index in [0.29, 0.717) is 49.1 Å². The number of halogens is 1. The monoisotopic (exact) mass is 889 g/mol. The summed E-state index contributed by atoms with van der Waals surface area (Å²) in [6.45, 7) is 15.0. The van der Waals surface area contributed by atoms with Crippen molar-refractivity contribution in [2.24, 2.45) is 0 Å². The van der Waals surface area contributed by atoms with E-state index in [2.05, 4.69) is 64.6 Å². The molecule has 18 heteroatoms. The normalized spacial score (nSPS) is 14.0. The number of rotatable bonds is 7. The molecule has 10 rings (SSSR count). The van der Waals surface area contributed by atoms with E-state index in [0.717, 1.165) is 74.6 Å². The number of carbonyl (C=O) groups is 2. The molecule has 2 saturated heterocycles.